The number of hydrogen-bond acceptors (Lipinski definition) is 3. The van der Waals surface area contributed by atoms with Crippen LogP contribution in [0.15, 0.2) is 54.6 Å². The molecule has 5 heteroatoms. The van der Waals surface area contributed by atoms with Crippen molar-refractivity contribution >= 4 is 5.91 Å². The Kier molecular flexibility index (Phi) is 5.23. The van der Waals surface area contributed by atoms with Crippen molar-refractivity contribution in [2.45, 2.75) is 12.6 Å². The Balaban J connectivity index is 1.63. The highest BCUT2D eigenvalue weighted by molar-refractivity contribution is 5.94. The molecular formula is C19H21FN2O2. The molecule has 0 bridgehead atoms. The summed E-state index contributed by atoms with van der Waals surface area (Å²) in [7, 11) is 0. The fourth-order valence-corrected chi connectivity index (χ4v) is 3.16. The summed E-state index contributed by atoms with van der Waals surface area (Å²) < 4.78 is 13.3. The van der Waals surface area contributed by atoms with Gasteiger partial charge in [-0.1, -0.05) is 36.4 Å². The van der Waals surface area contributed by atoms with Crippen LogP contribution in [0.25, 0.3) is 0 Å². The zero-order chi connectivity index (χ0) is 16.9. The van der Waals surface area contributed by atoms with Gasteiger partial charge in [-0.2, -0.15) is 0 Å². The van der Waals surface area contributed by atoms with E-state index in [9.17, 15) is 14.3 Å². The van der Waals surface area contributed by atoms with E-state index in [1.807, 2.05) is 18.2 Å². The van der Waals surface area contributed by atoms with Crippen LogP contribution in [0.2, 0.25) is 0 Å². The van der Waals surface area contributed by atoms with Gasteiger partial charge in [0.1, 0.15) is 5.82 Å². The molecule has 0 aromatic heterocycles. The predicted octanol–water partition coefficient (Wildman–Crippen LogP) is 2.05. The first-order valence-electron chi connectivity index (χ1n) is 8.09. The Morgan fingerprint density at radius 2 is 1.96 bits per heavy atom. The highest BCUT2D eigenvalue weighted by Gasteiger charge is 2.33. The molecule has 0 saturated carbocycles. The predicted molar refractivity (Wildman–Crippen MR) is 89.9 cm³/mol. The summed E-state index contributed by atoms with van der Waals surface area (Å²) in [6.45, 7) is 2.18. The van der Waals surface area contributed by atoms with Crippen LogP contribution in [0, 0.1) is 11.7 Å². The number of rotatable bonds is 5. The Morgan fingerprint density at radius 1 is 1.17 bits per heavy atom. The number of likely N-dealkylation sites (tertiary alicyclic amines) is 1. The smallest absolute Gasteiger partial charge is 0.251 e. The lowest BCUT2D eigenvalue weighted by atomic mass is 10.0. The van der Waals surface area contributed by atoms with Crippen molar-refractivity contribution < 1.29 is 14.3 Å². The summed E-state index contributed by atoms with van der Waals surface area (Å²) >= 11 is 0. The van der Waals surface area contributed by atoms with Gasteiger partial charge < -0.3 is 10.4 Å². The van der Waals surface area contributed by atoms with Crippen LogP contribution in [0.1, 0.15) is 15.9 Å². The third-order valence-corrected chi connectivity index (χ3v) is 4.40. The number of carbonyl (C=O) groups excluding carboxylic acids is 1. The quantitative estimate of drug-likeness (QED) is 0.883. The van der Waals surface area contributed by atoms with E-state index in [0.717, 1.165) is 13.1 Å². The minimum absolute atomic E-state index is 0.0133. The first-order valence-corrected chi connectivity index (χ1v) is 8.09. The van der Waals surface area contributed by atoms with Crippen molar-refractivity contribution in [1.29, 1.82) is 0 Å². The average Bonchev–Trinajstić information content (AvgIpc) is 2.97. The second-order valence-corrected chi connectivity index (χ2v) is 6.21. The van der Waals surface area contributed by atoms with Crippen molar-refractivity contribution in [2.24, 2.45) is 5.92 Å². The number of benzene rings is 2. The topological polar surface area (TPSA) is 52.6 Å². The van der Waals surface area contributed by atoms with Gasteiger partial charge in [0.05, 0.1) is 0 Å². The maximum absolute atomic E-state index is 13.3. The van der Waals surface area contributed by atoms with E-state index in [1.54, 1.807) is 6.07 Å². The summed E-state index contributed by atoms with van der Waals surface area (Å²) in [4.78, 5) is 14.5. The number of hydrogen-bond donors (Lipinski definition) is 2. The first-order chi connectivity index (χ1) is 11.7. The van der Waals surface area contributed by atoms with Gasteiger partial charge in [0.25, 0.3) is 5.91 Å². The van der Waals surface area contributed by atoms with E-state index >= 15 is 0 Å². The Labute approximate surface area is 140 Å². The van der Waals surface area contributed by atoms with Gasteiger partial charge in [0, 0.05) is 43.8 Å². The molecule has 24 heavy (non-hydrogen) atoms. The number of halogens is 1. The van der Waals surface area contributed by atoms with Gasteiger partial charge in [-0.25, -0.2) is 4.39 Å². The monoisotopic (exact) mass is 328 g/mol. The highest BCUT2D eigenvalue weighted by Crippen LogP contribution is 2.19. The fourth-order valence-electron chi connectivity index (χ4n) is 3.16. The fraction of sp³-hybridized carbons (Fsp3) is 0.316. The Bertz CT molecular complexity index is 693. The van der Waals surface area contributed by atoms with Crippen LogP contribution in [0.5, 0.6) is 0 Å². The molecule has 1 aliphatic heterocycles. The molecule has 2 atom stereocenters. The van der Waals surface area contributed by atoms with Crippen molar-refractivity contribution in [3.63, 3.8) is 0 Å². The van der Waals surface area contributed by atoms with E-state index in [2.05, 4.69) is 22.3 Å². The standard InChI is InChI=1S/C19H21FN2O2/c20-17-8-4-7-15(9-17)19(24)21-18-12-22(11-16(18)13-23)10-14-5-2-1-3-6-14/h1-9,16,18,23H,10-13H2,(H,21,24)/t16-,18+/m0/s1. The third kappa shape index (κ3) is 3.99. The molecule has 2 N–H and O–H groups in total. The van der Waals surface area contributed by atoms with Gasteiger partial charge in [-0.05, 0) is 23.8 Å². The molecule has 1 fully saturated rings. The van der Waals surface area contributed by atoms with Crippen molar-refractivity contribution in [3.05, 3.63) is 71.5 Å². The maximum atomic E-state index is 13.3. The molecule has 1 heterocycles. The molecule has 0 spiro atoms. The molecule has 2 aromatic carbocycles. The second-order valence-electron chi connectivity index (χ2n) is 6.21. The zero-order valence-electron chi connectivity index (χ0n) is 13.4. The zero-order valence-corrected chi connectivity index (χ0v) is 13.4. The summed E-state index contributed by atoms with van der Waals surface area (Å²) in [5.74, 6) is -0.760. The summed E-state index contributed by atoms with van der Waals surface area (Å²) in [6, 6.07) is 15.6. The molecule has 0 aliphatic carbocycles. The van der Waals surface area contributed by atoms with Gasteiger partial charge in [-0.15, -0.1) is 0 Å². The molecule has 1 amide bonds. The lowest BCUT2D eigenvalue weighted by Crippen LogP contribution is -2.41. The summed E-state index contributed by atoms with van der Waals surface area (Å²) in [6.07, 6.45) is 0. The normalized spacial score (nSPS) is 20.9. The van der Waals surface area contributed by atoms with Crippen LogP contribution in [-0.2, 0) is 6.54 Å². The molecule has 0 unspecified atom stereocenters. The molecule has 1 aliphatic rings. The highest BCUT2D eigenvalue weighted by atomic mass is 19.1. The van der Waals surface area contributed by atoms with E-state index in [4.69, 9.17) is 0 Å². The molecule has 126 valence electrons. The van der Waals surface area contributed by atoms with Crippen LogP contribution < -0.4 is 5.32 Å². The number of nitrogens with one attached hydrogen (secondary N) is 1. The van der Waals surface area contributed by atoms with Crippen LogP contribution in [-0.4, -0.2) is 41.7 Å². The van der Waals surface area contributed by atoms with Gasteiger partial charge >= 0.3 is 0 Å². The number of aliphatic hydroxyl groups excluding tert-OH is 1. The van der Waals surface area contributed by atoms with Crippen molar-refractivity contribution in [3.8, 4) is 0 Å². The van der Waals surface area contributed by atoms with Gasteiger partial charge in [0.2, 0.25) is 0 Å². The molecular weight excluding hydrogens is 307 g/mol. The SMILES string of the molecule is O=C(N[C@@H]1CN(Cc2ccccc2)C[C@H]1CO)c1cccc(F)c1. The van der Waals surface area contributed by atoms with E-state index < -0.39 is 5.82 Å². The minimum atomic E-state index is -0.432. The molecule has 2 aromatic rings. The van der Waals surface area contributed by atoms with Crippen molar-refractivity contribution in [2.75, 3.05) is 19.7 Å². The number of carbonyl (C=O) groups is 1. The molecule has 1 saturated heterocycles. The lowest BCUT2D eigenvalue weighted by molar-refractivity contribution is 0.0920. The van der Waals surface area contributed by atoms with E-state index in [0.29, 0.717) is 12.1 Å². The van der Waals surface area contributed by atoms with Crippen LogP contribution in [0.4, 0.5) is 4.39 Å². The maximum Gasteiger partial charge on any atom is 0.251 e. The van der Waals surface area contributed by atoms with Gasteiger partial charge in [-0.3, -0.25) is 9.69 Å². The average molecular weight is 328 g/mol. The Hall–Kier alpha value is -2.24. The lowest BCUT2D eigenvalue weighted by Gasteiger charge is -2.18. The summed E-state index contributed by atoms with van der Waals surface area (Å²) in [5, 5.41) is 12.5. The summed E-state index contributed by atoms with van der Waals surface area (Å²) in [5.41, 5.74) is 1.50. The third-order valence-electron chi connectivity index (χ3n) is 4.40. The van der Waals surface area contributed by atoms with Gasteiger partial charge in [0.15, 0.2) is 0 Å². The second kappa shape index (κ2) is 7.55. The van der Waals surface area contributed by atoms with Crippen molar-refractivity contribution in [1.82, 2.24) is 10.2 Å². The van der Waals surface area contributed by atoms with E-state index in [1.165, 1.54) is 23.8 Å². The van der Waals surface area contributed by atoms with E-state index in [-0.39, 0.29) is 24.5 Å². The number of nitrogens with zero attached hydrogens (tertiary/aromatic N) is 1. The molecule has 0 radical (unpaired) electrons. The first kappa shape index (κ1) is 16.6. The van der Waals surface area contributed by atoms with Crippen LogP contribution >= 0.6 is 0 Å². The number of aliphatic hydroxyl groups is 1. The molecule has 3 rings (SSSR count). The minimum Gasteiger partial charge on any atom is -0.396 e. The molecule has 4 nitrogen and oxygen atoms in total. The Morgan fingerprint density at radius 3 is 2.67 bits per heavy atom. The van der Waals surface area contributed by atoms with Crippen LogP contribution in [0.3, 0.4) is 0 Å². The largest absolute Gasteiger partial charge is 0.396 e. The number of amides is 1.